The van der Waals surface area contributed by atoms with Crippen LogP contribution in [-0.4, -0.2) is 22.6 Å². The van der Waals surface area contributed by atoms with E-state index in [-0.39, 0.29) is 5.91 Å². The number of hydrogen-bond acceptors (Lipinski definition) is 3. The van der Waals surface area contributed by atoms with Gasteiger partial charge in [-0.3, -0.25) is 4.79 Å². The summed E-state index contributed by atoms with van der Waals surface area (Å²) in [6, 6.07) is 25.6. The van der Waals surface area contributed by atoms with Gasteiger partial charge in [0.05, 0.1) is 13.4 Å². The summed E-state index contributed by atoms with van der Waals surface area (Å²) in [5, 5.41) is 3.06. The van der Waals surface area contributed by atoms with E-state index in [4.69, 9.17) is 4.74 Å². The molecule has 0 saturated carbocycles. The number of carbonyl (C=O) groups excluding carboxylic acids is 1. The molecule has 0 aliphatic carbocycles. The van der Waals surface area contributed by atoms with Gasteiger partial charge in [-0.05, 0) is 28.8 Å². The second-order valence-electron chi connectivity index (χ2n) is 7.40. The predicted octanol–water partition coefficient (Wildman–Crippen LogP) is 4.80. The number of nitrogens with one attached hydrogen (secondary N) is 1. The smallest absolute Gasteiger partial charge is 0.252 e. The number of nitrogens with zero attached hydrogens (tertiary/aromatic N) is 2. The standard InChI is InChI=1S/C27H25N3O2/c1-32-26-10-6-5-9-24(26)17-25(23-7-3-2-4-8-23)27(31)29-18-21-11-13-22(14-12-21)19-30-16-15-28-20-30/h2-17,20H,18-19H2,1H3,(H,29,31)/b25-17+. The molecule has 1 aromatic heterocycles. The molecular formula is C27H25N3O2. The predicted molar refractivity (Wildman–Crippen MR) is 127 cm³/mol. The van der Waals surface area contributed by atoms with Crippen molar-refractivity contribution in [2.45, 2.75) is 13.1 Å². The highest BCUT2D eigenvalue weighted by molar-refractivity contribution is 6.24. The van der Waals surface area contributed by atoms with Crippen LogP contribution >= 0.6 is 0 Å². The monoisotopic (exact) mass is 423 g/mol. The van der Waals surface area contributed by atoms with E-state index in [0.717, 1.165) is 29.0 Å². The SMILES string of the molecule is COc1ccccc1/C=C(/C(=O)NCc1ccc(Cn2ccnc2)cc1)c1ccccc1. The highest BCUT2D eigenvalue weighted by atomic mass is 16.5. The van der Waals surface area contributed by atoms with Crippen molar-refractivity contribution in [2.75, 3.05) is 7.11 Å². The number of aromatic nitrogens is 2. The van der Waals surface area contributed by atoms with Crippen molar-refractivity contribution < 1.29 is 9.53 Å². The maximum atomic E-state index is 13.2. The maximum Gasteiger partial charge on any atom is 0.252 e. The van der Waals surface area contributed by atoms with Crippen LogP contribution in [0.3, 0.4) is 0 Å². The van der Waals surface area contributed by atoms with Gasteiger partial charge in [0, 0.05) is 36.6 Å². The first-order valence-corrected chi connectivity index (χ1v) is 10.4. The molecule has 0 unspecified atom stereocenters. The molecule has 0 radical (unpaired) electrons. The summed E-state index contributed by atoms with van der Waals surface area (Å²) in [5.41, 5.74) is 4.52. The fourth-order valence-electron chi connectivity index (χ4n) is 3.47. The Morgan fingerprint density at radius 1 is 0.969 bits per heavy atom. The van der Waals surface area contributed by atoms with E-state index in [1.807, 2.05) is 83.6 Å². The van der Waals surface area contributed by atoms with Crippen LogP contribution in [-0.2, 0) is 17.9 Å². The number of benzene rings is 3. The van der Waals surface area contributed by atoms with Crippen molar-refractivity contribution in [3.63, 3.8) is 0 Å². The molecule has 1 heterocycles. The number of ether oxygens (including phenoxy) is 1. The van der Waals surface area contributed by atoms with Gasteiger partial charge in [0.2, 0.25) is 0 Å². The normalized spacial score (nSPS) is 11.2. The van der Waals surface area contributed by atoms with E-state index in [1.165, 1.54) is 5.56 Å². The van der Waals surface area contributed by atoms with Gasteiger partial charge in [-0.15, -0.1) is 0 Å². The zero-order valence-electron chi connectivity index (χ0n) is 17.9. The molecule has 5 heteroatoms. The molecule has 0 saturated heterocycles. The molecule has 160 valence electrons. The summed E-state index contributed by atoms with van der Waals surface area (Å²) in [6.07, 6.45) is 7.38. The number of amides is 1. The number of methoxy groups -OCH3 is 1. The van der Waals surface area contributed by atoms with Crippen LogP contribution < -0.4 is 10.1 Å². The number of para-hydroxylation sites is 1. The minimum atomic E-state index is -0.135. The molecule has 0 aliphatic heterocycles. The van der Waals surface area contributed by atoms with Gasteiger partial charge in [-0.25, -0.2) is 4.98 Å². The van der Waals surface area contributed by atoms with Crippen LogP contribution in [0.1, 0.15) is 22.3 Å². The van der Waals surface area contributed by atoms with E-state index >= 15 is 0 Å². The van der Waals surface area contributed by atoms with Crippen molar-refractivity contribution >= 4 is 17.6 Å². The van der Waals surface area contributed by atoms with Crippen molar-refractivity contribution in [1.29, 1.82) is 0 Å². The lowest BCUT2D eigenvalue weighted by atomic mass is 10.0. The Balaban J connectivity index is 1.50. The van der Waals surface area contributed by atoms with E-state index in [0.29, 0.717) is 12.1 Å². The highest BCUT2D eigenvalue weighted by Gasteiger charge is 2.13. The molecule has 0 spiro atoms. The summed E-state index contributed by atoms with van der Waals surface area (Å²) >= 11 is 0. The van der Waals surface area contributed by atoms with Gasteiger partial charge in [0.25, 0.3) is 5.91 Å². The Morgan fingerprint density at radius 2 is 1.69 bits per heavy atom. The lowest BCUT2D eigenvalue weighted by Gasteiger charge is -2.12. The number of carbonyl (C=O) groups is 1. The van der Waals surface area contributed by atoms with Crippen LogP contribution in [0.5, 0.6) is 5.75 Å². The first kappa shape index (κ1) is 21.1. The number of rotatable bonds is 8. The van der Waals surface area contributed by atoms with Crippen LogP contribution in [0.2, 0.25) is 0 Å². The third-order valence-corrected chi connectivity index (χ3v) is 5.17. The Morgan fingerprint density at radius 3 is 2.41 bits per heavy atom. The van der Waals surface area contributed by atoms with E-state index in [1.54, 1.807) is 19.6 Å². The van der Waals surface area contributed by atoms with E-state index < -0.39 is 0 Å². The Labute approximate surface area is 188 Å². The minimum Gasteiger partial charge on any atom is -0.496 e. The van der Waals surface area contributed by atoms with Gasteiger partial charge < -0.3 is 14.6 Å². The van der Waals surface area contributed by atoms with Crippen molar-refractivity contribution in [1.82, 2.24) is 14.9 Å². The summed E-state index contributed by atoms with van der Waals surface area (Å²) in [6.45, 7) is 1.22. The quantitative estimate of drug-likeness (QED) is 0.327. The second-order valence-corrected chi connectivity index (χ2v) is 7.40. The van der Waals surface area contributed by atoms with Crippen molar-refractivity contribution in [3.8, 4) is 5.75 Å². The fraction of sp³-hybridized carbons (Fsp3) is 0.111. The molecular weight excluding hydrogens is 398 g/mol. The molecule has 0 fully saturated rings. The van der Waals surface area contributed by atoms with Crippen molar-refractivity contribution in [3.05, 3.63) is 120 Å². The third-order valence-electron chi connectivity index (χ3n) is 5.17. The Bertz CT molecular complexity index is 1180. The summed E-state index contributed by atoms with van der Waals surface area (Å²) in [4.78, 5) is 17.2. The lowest BCUT2D eigenvalue weighted by Crippen LogP contribution is -2.23. The number of imidazole rings is 1. The average molecular weight is 424 g/mol. The molecule has 5 nitrogen and oxygen atoms in total. The zero-order chi connectivity index (χ0) is 22.2. The minimum absolute atomic E-state index is 0.135. The van der Waals surface area contributed by atoms with Gasteiger partial charge in [0.1, 0.15) is 5.75 Å². The van der Waals surface area contributed by atoms with Gasteiger partial charge in [-0.1, -0.05) is 72.8 Å². The van der Waals surface area contributed by atoms with Gasteiger partial charge >= 0.3 is 0 Å². The molecule has 3 aromatic carbocycles. The molecule has 32 heavy (non-hydrogen) atoms. The summed E-state index contributed by atoms with van der Waals surface area (Å²) in [5.74, 6) is 0.590. The first-order chi connectivity index (χ1) is 15.7. The van der Waals surface area contributed by atoms with Crippen LogP contribution in [0, 0.1) is 0 Å². The molecule has 0 bridgehead atoms. The molecule has 1 N–H and O–H groups in total. The molecule has 1 amide bonds. The zero-order valence-corrected chi connectivity index (χ0v) is 17.9. The second kappa shape index (κ2) is 10.3. The molecule has 4 aromatic rings. The Hall–Kier alpha value is -4.12. The van der Waals surface area contributed by atoms with Gasteiger partial charge in [0.15, 0.2) is 0 Å². The van der Waals surface area contributed by atoms with E-state index in [9.17, 15) is 4.79 Å². The maximum absolute atomic E-state index is 13.2. The third kappa shape index (κ3) is 5.32. The largest absolute Gasteiger partial charge is 0.496 e. The van der Waals surface area contributed by atoms with Crippen LogP contribution in [0.4, 0.5) is 0 Å². The summed E-state index contributed by atoms with van der Waals surface area (Å²) < 4.78 is 7.48. The summed E-state index contributed by atoms with van der Waals surface area (Å²) in [7, 11) is 1.63. The topological polar surface area (TPSA) is 56.1 Å². The average Bonchev–Trinajstić information content (AvgIpc) is 3.36. The lowest BCUT2D eigenvalue weighted by molar-refractivity contribution is -0.115. The molecule has 0 atom stereocenters. The first-order valence-electron chi connectivity index (χ1n) is 10.4. The molecule has 4 rings (SSSR count). The van der Waals surface area contributed by atoms with Crippen molar-refractivity contribution in [2.24, 2.45) is 0 Å². The van der Waals surface area contributed by atoms with Gasteiger partial charge in [-0.2, -0.15) is 0 Å². The van der Waals surface area contributed by atoms with Crippen LogP contribution in [0.25, 0.3) is 11.6 Å². The van der Waals surface area contributed by atoms with E-state index in [2.05, 4.69) is 22.4 Å². The molecule has 0 aliphatic rings. The number of hydrogen-bond donors (Lipinski definition) is 1. The highest BCUT2D eigenvalue weighted by Crippen LogP contribution is 2.25. The Kier molecular flexibility index (Phi) is 6.78. The van der Waals surface area contributed by atoms with Crippen LogP contribution in [0.15, 0.2) is 97.6 Å². The fourth-order valence-corrected chi connectivity index (χ4v) is 3.47.